The van der Waals surface area contributed by atoms with E-state index in [0.29, 0.717) is 27.3 Å². The maximum absolute atomic E-state index is 13.4. The largest absolute Gasteiger partial charge is 0.357 e. The number of nitrogens with zero attached hydrogens (tertiary/aromatic N) is 4. The number of nitriles is 1. The summed E-state index contributed by atoms with van der Waals surface area (Å²) in [6.07, 6.45) is 10.5. The molecule has 0 unspecified atom stereocenters. The van der Waals surface area contributed by atoms with E-state index in [0.717, 1.165) is 56.6 Å². The molecule has 0 spiro atoms. The zero-order chi connectivity index (χ0) is 27.9. The molecule has 39 heavy (non-hydrogen) atoms. The first kappa shape index (κ1) is 29.1. The van der Waals surface area contributed by atoms with Crippen LogP contribution in [-0.2, 0) is 18.3 Å². The second-order valence-corrected chi connectivity index (χ2v) is 12.3. The number of anilines is 1. The van der Waals surface area contributed by atoms with Gasteiger partial charge in [0.15, 0.2) is 0 Å². The molecule has 0 aliphatic carbocycles. The van der Waals surface area contributed by atoms with Crippen LogP contribution in [0.25, 0.3) is 6.08 Å². The number of hydrogen-bond donors (Lipinski definition) is 0. The van der Waals surface area contributed by atoms with Crippen LogP contribution in [0.15, 0.2) is 40.0 Å². The third-order valence-corrected chi connectivity index (χ3v) is 9.26. The van der Waals surface area contributed by atoms with Crippen LogP contribution >= 0.6 is 24.0 Å². The van der Waals surface area contributed by atoms with Crippen LogP contribution in [0.3, 0.4) is 0 Å². The number of pyridine rings is 1. The number of benzene rings is 1. The van der Waals surface area contributed by atoms with Gasteiger partial charge in [-0.2, -0.15) is 5.26 Å². The highest BCUT2D eigenvalue weighted by Crippen LogP contribution is 2.37. The Morgan fingerprint density at radius 2 is 1.79 bits per heavy atom. The van der Waals surface area contributed by atoms with Crippen LogP contribution in [0, 0.1) is 24.2 Å². The van der Waals surface area contributed by atoms with Gasteiger partial charge < -0.3 is 4.90 Å². The molecule has 0 radical (unpaired) electrons. The number of thioether (sulfide) groups is 1. The zero-order valence-corrected chi connectivity index (χ0v) is 24.9. The Labute approximate surface area is 241 Å². The molecule has 2 aliphatic rings. The van der Waals surface area contributed by atoms with Gasteiger partial charge in [0.2, 0.25) is 0 Å². The molecule has 1 aromatic heterocycles. The van der Waals surface area contributed by atoms with Gasteiger partial charge in [0.05, 0.1) is 4.91 Å². The van der Waals surface area contributed by atoms with E-state index < -0.39 is 0 Å². The van der Waals surface area contributed by atoms with Crippen LogP contribution in [0.4, 0.5) is 5.82 Å². The number of piperidine rings is 1. The molecule has 0 bridgehead atoms. The van der Waals surface area contributed by atoms with Crippen LogP contribution in [-0.4, -0.2) is 39.3 Å². The molecule has 3 heterocycles. The SMILES string of the molecule is CCCCCCCN1C(=O)C(=Cc2c(C)c(C#N)c(=O)n(C)c2N2CCC(Cc3ccccc3)CC2)SC1=S. The molecule has 2 aliphatic heterocycles. The Balaban J connectivity index is 1.59. The van der Waals surface area contributed by atoms with E-state index in [1.807, 2.05) is 19.1 Å². The number of rotatable bonds is 10. The number of amides is 1. The second-order valence-electron chi connectivity index (χ2n) is 10.6. The average Bonchev–Trinajstić information content (AvgIpc) is 3.20. The predicted molar refractivity (Wildman–Crippen MR) is 165 cm³/mol. The summed E-state index contributed by atoms with van der Waals surface area (Å²) >= 11 is 6.89. The van der Waals surface area contributed by atoms with Gasteiger partial charge >= 0.3 is 0 Å². The van der Waals surface area contributed by atoms with Crippen LogP contribution in [0.1, 0.15) is 74.1 Å². The van der Waals surface area contributed by atoms with E-state index in [1.165, 1.54) is 36.6 Å². The van der Waals surface area contributed by atoms with Crippen molar-refractivity contribution in [3.05, 3.63) is 67.8 Å². The normalized spacial score (nSPS) is 17.3. The number of thiocarbonyl (C=S) groups is 1. The fourth-order valence-electron chi connectivity index (χ4n) is 5.59. The highest BCUT2D eigenvalue weighted by molar-refractivity contribution is 8.26. The molecule has 8 heteroatoms. The third kappa shape index (κ3) is 6.64. The molecule has 2 fully saturated rings. The zero-order valence-electron chi connectivity index (χ0n) is 23.2. The highest BCUT2D eigenvalue weighted by atomic mass is 32.2. The molecule has 0 atom stereocenters. The summed E-state index contributed by atoms with van der Waals surface area (Å²) in [7, 11) is 1.73. The molecule has 0 N–H and O–H groups in total. The van der Waals surface area contributed by atoms with Crippen molar-refractivity contribution in [2.45, 2.75) is 65.2 Å². The topological polar surface area (TPSA) is 69.3 Å². The fraction of sp³-hybridized carbons (Fsp3) is 0.484. The third-order valence-electron chi connectivity index (χ3n) is 7.88. The molecular formula is C31H38N4O2S2. The lowest BCUT2D eigenvalue weighted by atomic mass is 9.90. The monoisotopic (exact) mass is 562 g/mol. The van der Waals surface area contributed by atoms with Gasteiger partial charge in [-0.25, -0.2) is 0 Å². The van der Waals surface area contributed by atoms with Crippen LogP contribution < -0.4 is 10.5 Å². The molecule has 2 saturated heterocycles. The minimum Gasteiger partial charge on any atom is -0.357 e. The quantitative estimate of drug-likeness (QED) is 0.195. The van der Waals surface area contributed by atoms with E-state index in [2.05, 4.69) is 42.2 Å². The predicted octanol–water partition coefficient (Wildman–Crippen LogP) is 6.20. The van der Waals surface area contributed by atoms with Crippen molar-refractivity contribution in [3.63, 3.8) is 0 Å². The van der Waals surface area contributed by atoms with E-state index in [4.69, 9.17) is 12.2 Å². The van der Waals surface area contributed by atoms with Gasteiger partial charge in [-0.1, -0.05) is 86.9 Å². The van der Waals surface area contributed by atoms with Crippen molar-refractivity contribution in [1.82, 2.24) is 9.47 Å². The fourth-order valence-corrected chi connectivity index (χ4v) is 6.88. The molecule has 6 nitrogen and oxygen atoms in total. The van der Waals surface area contributed by atoms with Gasteiger partial charge in [-0.3, -0.25) is 19.1 Å². The Morgan fingerprint density at radius 1 is 1.10 bits per heavy atom. The number of hydrogen-bond acceptors (Lipinski definition) is 6. The molecular weight excluding hydrogens is 525 g/mol. The molecule has 1 amide bonds. The Hall–Kier alpha value is -2.89. The lowest BCUT2D eigenvalue weighted by Gasteiger charge is -2.36. The molecule has 206 valence electrons. The van der Waals surface area contributed by atoms with Gasteiger partial charge in [-0.05, 0) is 55.7 Å². The van der Waals surface area contributed by atoms with E-state index in [1.54, 1.807) is 16.5 Å². The van der Waals surface area contributed by atoms with Crippen molar-refractivity contribution >= 4 is 46.1 Å². The van der Waals surface area contributed by atoms with Gasteiger partial charge in [0.1, 0.15) is 21.8 Å². The van der Waals surface area contributed by atoms with Gasteiger partial charge in [0, 0.05) is 32.2 Å². The summed E-state index contributed by atoms with van der Waals surface area (Å²) in [4.78, 5) is 31.0. The summed E-state index contributed by atoms with van der Waals surface area (Å²) in [6, 6.07) is 12.7. The minimum absolute atomic E-state index is 0.0835. The molecule has 1 aromatic carbocycles. The summed E-state index contributed by atoms with van der Waals surface area (Å²) in [6.45, 7) is 6.26. The van der Waals surface area contributed by atoms with E-state index in [9.17, 15) is 14.9 Å². The Bertz CT molecular complexity index is 1340. The maximum atomic E-state index is 13.4. The number of carbonyl (C=O) groups excluding carboxylic acids is 1. The van der Waals surface area contributed by atoms with Crippen molar-refractivity contribution in [2.24, 2.45) is 13.0 Å². The molecule has 0 saturated carbocycles. The van der Waals surface area contributed by atoms with Crippen molar-refractivity contribution in [1.29, 1.82) is 5.26 Å². The summed E-state index contributed by atoms with van der Waals surface area (Å²) < 4.78 is 2.16. The summed E-state index contributed by atoms with van der Waals surface area (Å²) in [5.74, 6) is 1.27. The summed E-state index contributed by atoms with van der Waals surface area (Å²) in [5, 5.41) is 9.78. The number of unbranched alkanes of at least 4 members (excludes halogenated alkanes) is 4. The smallest absolute Gasteiger partial charge is 0.270 e. The standard InChI is InChI=1S/C31H38N4O2S2/c1-4-5-6-7-11-16-35-30(37)27(39-31(35)38)20-25-22(2)26(21-32)29(36)33(3)28(25)34-17-14-24(15-18-34)19-23-12-9-8-10-13-23/h8-10,12-13,20,24H,4-7,11,14-19H2,1-3H3. The first-order chi connectivity index (χ1) is 18.8. The molecule has 2 aromatic rings. The number of aromatic nitrogens is 1. The van der Waals surface area contributed by atoms with Crippen molar-refractivity contribution in [2.75, 3.05) is 24.5 Å². The van der Waals surface area contributed by atoms with Crippen molar-refractivity contribution < 1.29 is 4.79 Å². The maximum Gasteiger partial charge on any atom is 0.270 e. The van der Waals surface area contributed by atoms with Gasteiger partial charge in [0.25, 0.3) is 11.5 Å². The van der Waals surface area contributed by atoms with E-state index in [-0.39, 0.29) is 17.0 Å². The Kier molecular flexibility index (Phi) is 10.0. The van der Waals surface area contributed by atoms with Crippen molar-refractivity contribution in [3.8, 4) is 6.07 Å². The Morgan fingerprint density at radius 3 is 2.46 bits per heavy atom. The van der Waals surface area contributed by atoms with E-state index >= 15 is 0 Å². The van der Waals surface area contributed by atoms with Crippen LogP contribution in [0.5, 0.6) is 0 Å². The average molecular weight is 563 g/mol. The lowest BCUT2D eigenvalue weighted by molar-refractivity contribution is -0.122. The first-order valence-corrected chi connectivity index (χ1v) is 15.3. The number of carbonyl (C=O) groups is 1. The molecule has 4 rings (SSSR count). The van der Waals surface area contributed by atoms with Gasteiger partial charge in [-0.15, -0.1) is 0 Å². The second kappa shape index (κ2) is 13.5. The summed E-state index contributed by atoms with van der Waals surface area (Å²) in [5.41, 5.74) is 2.56. The lowest BCUT2D eigenvalue weighted by Crippen LogP contribution is -2.39. The van der Waals surface area contributed by atoms with Crippen LogP contribution in [0.2, 0.25) is 0 Å². The first-order valence-electron chi connectivity index (χ1n) is 14.0. The highest BCUT2D eigenvalue weighted by Gasteiger charge is 2.33. The minimum atomic E-state index is -0.298.